The highest BCUT2D eigenvalue weighted by atomic mass is 16.6. The van der Waals surface area contributed by atoms with Gasteiger partial charge in [0.1, 0.15) is 25.4 Å². The number of ether oxygens (including phenoxy) is 5. The van der Waals surface area contributed by atoms with Gasteiger partial charge in [0.25, 0.3) is 0 Å². The summed E-state index contributed by atoms with van der Waals surface area (Å²) in [6.07, 6.45) is -0.140. The minimum Gasteiger partial charge on any atom is -0.466 e. The first-order chi connectivity index (χ1) is 17.8. The normalized spacial score (nSPS) is 20.6. The van der Waals surface area contributed by atoms with E-state index >= 15 is 0 Å². The van der Waals surface area contributed by atoms with Gasteiger partial charge in [0.15, 0.2) is 0 Å². The fraction of sp³-hybridized carbons (Fsp3) is 0.429. The summed E-state index contributed by atoms with van der Waals surface area (Å²) in [4.78, 5) is 48.0. The molecule has 37 heavy (non-hydrogen) atoms. The van der Waals surface area contributed by atoms with Gasteiger partial charge in [-0.1, -0.05) is 36.4 Å². The molecule has 1 aliphatic heterocycles. The van der Waals surface area contributed by atoms with Crippen molar-refractivity contribution in [2.24, 2.45) is 5.92 Å². The molecule has 4 atom stereocenters. The van der Waals surface area contributed by atoms with E-state index in [1.54, 1.807) is 60.7 Å². The standard InChI is InChI=1S/C28H32O9/c1-19(29)33-16-10-9-15-24-26(36-20(2)30)23(17-34-27(31)21-11-5-3-6-12-21)25(37-24)18-35-28(32)22-13-7-4-8-14-22/h3-8,11-14,23-26H,9-10,15-18H2,1-2H3/t23-,24?,25-,26-/m1/s1. The van der Waals surface area contributed by atoms with Gasteiger partial charge >= 0.3 is 23.9 Å². The van der Waals surface area contributed by atoms with Gasteiger partial charge in [-0.05, 0) is 43.5 Å². The summed E-state index contributed by atoms with van der Waals surface area (Å²) in [7, 11) is 0. The van der Waals surface area contributed by atoms with Crippen LogP contribution in [0.1, 0.15) is 53.8 Å². The molecule has 0 aromatic heterocycles. The van der Waals surface area contributed by atoms with E-state index in [-0.39, 0.29) is 25.8 Å². The predicted octanol–water partition coefficient (Wildman–Crippen LogP) is 3.75. The number of benzene rings is 2. The summed E-state index contributed by atoms with van der Waals surface area (Å²) >= 11 is 0. The Balaban J connectivity index is 1.70. The zero-order chi connectivity index (χ0) is 26.6. The third kappa shape index (κ3) is 8.71. The number of hydrogen-bond acceptors (Lipinski definition) is 9. The van der Waals surface area contributed by atoms with Crippen LogP contribution in [0, 0.1) is 5.92 Å². The van der Waals surface area contributed by atoms with E-state index in [4.69, 9.17) is 23.7 Å². The lowest BCUT2D eigenvalue weighted by molar-refractivity contribution is -0.151. The van der Waals surface area contributed by atoms with Gasteiger partial charge in [-0.2, -0.15) is 0 Å². The minimum atomic E-state index is -0.713. The molecule has 1 fully saturated rings. The molecule has 9 heteroatoms. The van der Waals surface area contributed by atoms with Crippen molar-refractivity contribution in [3.63, 3.8) is 0 Å². The Bertz CT molecular complexity index is 1040. The van der Waals surface area contributed by atoms with Gasteiger partial charge in [0.2, 0.25) is 0 Å². The molecule has 1 heterocycles. The molecule has 1 unspecified atom stereocenters. The maximum atomic E-state index is 12.6. The molecule has 0 bridgehead atoms. The van der Waals surface area contributed by atoms with Crippen LogP contribution in [0.4, 0.5) is 0 Å². The Morgan fingerprint density at radius 1 is 0.703 bits per heavy atom. The quantitative estimate of drug-likeness (QED) is 0.238. The van der Waals surface area contributed by atoms with Crippen molar-refractivity contribution in [2.75, 3.05) is 19.8 Å². The zero-order valence-corrected chi connectivity index (χ0v) is 21.0. The Labute approximate surface area is 216 Å². The molecule has 0 spiro atoms. The second-order valence-electron chi connectivity index (χ2n) is 8.72. The Morgan fingerprint density at radius 2 is 1.27 bits per heavy atom. The summed E-state index contributed by atoms with van der Waals surface area (Å²) in [6.45, 7) is 2.72. The Kier molecular flexibility index (Phi) is 10.6. The number of carbonyl (C=O) groups is 4. The van der Waals surface area contributed by atoms with Gasteiger partial charge in [0, 0.05) is 13.8 Å². The summed E-state index contributed by atoms with van der Waals surface area (Å²) < 4.78 is 27.8. The minimum absolute atomic E-state index is 0.0941. The highest BCUT2D eigenvalue weighted by Crippen LogP contribution is 2.33. The van der Waals surface area contributed by atoms with E-state index in [2.05, 4.69) is 0 Å². The molecule has 0 N–H and O–H groups in total. The fourth-order valence-electron chi connectivity index (χ4n) is 4.15. The number of hydrogen-bond donors (Lipinski definition) is 0. The molecule has 0 aliphatic carbocycles. The van der Waals surface area contributed by atoms with Crippen LogP contribution in [-0.4, -0.2) is 62.0 Å². The van der Waals surface area contributed by atoms with Crippen LogP contribution in [0.3, 0.4) is 0 Å². The maximum absolute atomic E-state index is 12.6. The maximum Gasteiger partial charge on any atom is 0.338 e. The largest absolute Gasteiger partial charge is 0.466 e. The lowest BCUT2D eigenvalue weighted by Gasteiger charge is -2.23. The SMILES string of the molecule is CC(=O)OCCCCC1O[C@H](COC(=O)c2ccccc2)[C@@H](COC(=O)c2ccccc2)[C@H]1OC(C)=O. The zero-order valence-electron chi connectivity index (χ0n) is 21.0. The molecule has 9 nitrogen and oxygen atoms in total. The smallest absolute Gasteiger partial charge is 0.338 e. The number of rotatable bonds is 12. The lowest BCUT2D eigenvalue weighted by atomic mass is 9.94. The van der Waals surface area contributed by atoms with E-state index in [1.807, 2.05) is 0 Å². The molecule has 0 saturated carbocycles. The van der Waals surface area contributed by atoms with Crippen molar-refractivity contribution in [3.05, 3.63) is 71.8 Å². The molecule has 2 aromatic carbocycles. The summed E-state index contributed by atoms with van der Waals surface area (Å²) in [5.41, 5.74) is 0.783. The number of esters is 4. The fourth-order valence-corrected chi connectivity index (χ4v) is 4.15. The molecule has 0 radical (unpaired) electrons. The third-order valence-electron chi connectivity index (χ3n) is 5.91. The van der Waals surface area contributed by atoms with Crippen LogP contribution < -0.4 is 0 Å². The molecule has 2 aromatic rings. The van der Waals surface area contributed by atoms with Gasteiger partial charge in [-0.15, -0.1) is 0 Å². The van der Waals surface area contributed by atoms with E-state index < -0.39 is 42.1 Å². The first-order valence-corrected chi connectivity index (χ1v) is 12.3. The third-order valence-corrected chi connectivity index (χ3v) is 5.91. The molecule has 1 aliphatic rings. The molecular weight excluding hydrogens is 480 g/mol. The van der Waals surface area contributed by atoms with Crippen LogP contribution >= 0.6 is 0 Å². The molecule has 0 amide bonds. The van der Waals surface area contributed by atoms with Crippen molar-refractivity contribution in [3.8, 4) is 0 Å². The van der Waals surface area contributed by atoms with Gasteiger partial charge in [-0.3, -0.25) is 9.59 Å². The first kappa shape index (κ1) is 27.9. The van der Waals surface area contributed by atoms with Gasteiger partial charge in [-0.25, -0.2) is 9.59 Å². The Morgan fingerprint density at radius 3 is 1.81 bits per heavy atom. The summed E-state index contributed by atoms with van der Waals surface area (Å²) in [6, 6.07) is 17.1. The van der Waals surface area contributed by atoms with Crippen LogP contribution in [0.2, 0.25) is 0 Å². The Hall–Kier alpha value is -3.72. The lowest BCUT2D eigenvalue weighted by Crippen LogP contribution is -2.37. The molecule has 198 valence electrons. The van der Waals surface area contributed by atoms with E-state index in [9.17, 15) is 19.2 Å². The average molecular weight is 513 g/mol. The highest BCUT2D eigenvalue weighted by Gasteiger charge is 2.47. The van der Waals surface area contributed by atoms with Crippen molar-refractivity contribution in [2.45, 2.75) is 51.4 Å². The predicted molar refractivity (Wildman–Crippen MR) is 132 cm³/mol. The first-order valence-electron chi connectivity index (χ1n) is 12.3. The second-order valence-corrected chi connectivity index (χ2v) is 8.72. The van der Waals surface area contributed by atoms with Crippen molar-refractivity contribution in [1.82, 2.24) is 0 Å². The van der Waals surface area contributed by atoms with Crippen LogP contribution in [0.15, 0.2) is 60.7 Å². The van der Waals surface area contributed by atoms with E-state index in [1.165, 1.54) is 13.8 Å². The number of unbranched alkanes of at least 4 members (excludes halogenated alkanes) is 1. The van der Waals surface area contributed by atoms with E-state index in [0.717, 1.165) is 0 Å². The summed E-state index contributed by atoms with van der Waals surface area (Å²) in [5.74, 6) is -2.45. The van der Waals surface area contributed by atoms with Crippen LogP contribution in [0.5, 0.6) is 0 Å². The van der Waals surface area contributed by atoms with Crippen molar-refractivity contribution >= 4 is 23.9 Å². The molecule has 1 saturated heterocycles. The van der Waals surface area contributed by atoms with Crippen LogP contribution in [-0.2, 0) is 33.3 Å². The monoisotopic (exact) mass is 512 g/mol. The van der Waals surface area contributed by atoms with Gasteiger partial charge < -0.3 is 23.7 Å². The van der Waals surface area contributed by atoms with Gasteiger partial charge in [0.05, 0.1) is 29.8 Å². The van der Waals surface area contributed by atoms with Crippen molar-refractivity contribution < 1.29 is 42.9 Å². The van der Waals surface area contributed by atoms with E-state index in [0.29, 0.717) is 30.4 Å². The molecule has 3 rings (SSSR count). The second kappa shape index (κ2) is 14.1. The topological polar surface area (TPSA) is 114 Å². The van der Waals surface area contributed by atoms with Crippen LogP contribution in [0.25, 0.3) is 0 Å². The number of carbonyl (C=O) groups excluding carboxylic acids is 4. The average Bonchev–Trinajstić information content (AvgIpc) is 3.21. The molecular formula is C28H32O9. The highest BCUT2D eigenvalue weighted by molar-refractivity contribution is 5.89. The summed E-state index contributed by atoms with van der Waals surface area (Å²) in [5, 5.41) is 0. The van der Waals surface area contributed by atoms with Crippen molar-refractivity contribution in [1.29, 1.82) is 0 Å².